The first-order valence-corrected chi connectivity index (χ1v) is 31.4. The molecule has 4 fully saturated rings. The van der Waals surface area contributed by atoms with Gasteiger partial charge in [0.05, 0.1) is 22.0 Å². The Hall–Kier alpha value is -7.22. The fraction of sp³-hybridized carbons (Fsp3) is 0.557. The van der Waals surface area contributed by atoms with Gasteiger partial charge in [0.2, 0.25) is 11.8 Å². The van der Waals surface area contributed by atoms with Crippen LogP contribution in [0.1, 0.15) is 136 Å². The first kappa shape index (κ1) is 59.5. The van der Waals surface area contributed by atoms with Crippen LogP contribution in [0.4, 0.5) is 26.0 Å². The molecule has 21 nitrogen and oxygen atoms in total. The van der Waals surface area contributed by atoms with Gasteiger partial charge in [0, 0.05) is 97.5 Å². The van der Waals surface area contributed by atoms with Gasteiger partial charge in [-0.15, -0.1) is 22.7 Å². The highest BCUT2D eigenvalue weighted by molar-refractivity contribution is 7.16. The molecule has 0 aromatic carbocycles. The number of likely N-dealkylation sites (N-methyl/N-ethyl adjacent to an activating group) is 2. The number of aryl methyl sites for hydroxylation is 2. The van der Waals surface area contributed by atoms with E-state index in [2.05, 4.69) is 103 Å². The Labute approximate surface area is 504 Å². The Morgan fingerprint density at radius 3 is 1.65 bits per heavy atom. The van der Waals surface area contributed by atoms with Gasteiger partial charge < -0.3 is 50.0 Å². The van der Waals surface area contributed by atoms with E-state index in [-0.39, 0.29) is 30.3 Å². The maximum absolute atomic E-state index is 13.6. The number of rotatable bonds is 13. The second-order valence-electron chi connectivity index (χ2n) is 24.3. The number of aromatic nitrogens is 6. The van der Waals surface area contributed by atoms with Gasteiger partial charge in [-0.25, -0.2) is 14.4 Å². The van der Waals surface area contributed by atoms with Gasteiger partial charge in [-0.3, -0.25) is 14.6 Å². The van der Waals surface area contributed by atoms with Crippen molar-refractivity contribution in [1.29, 1.82) is 10.5 Å². The standard InChI is InChI=1S/C32H39FN8O3S.C29H38N8O2S/c1-18-17-40(31(42)19(2)33)12-13-41(18)26-15-27(43-20(3)23-8-7-11-39(23)5)37-30(36-26)22-14-25(44-38-22)32(4)10-6-9-24-28(32)21(16-34)29(35)45-24;1-17-16-32-10-12-37(17)24-14-25(38-18(2)21-7-6-11-36(21)4)34-28(33-24)20-13-23(39-35-20)29(3)9-5-8-22-26(29)19(15-30)27(31)40-22/h14-15,18,20,23H,2,6-13,17,35H2,1,3-5H3;13-14,17-18,21,32H,5-12,16,31H2,1-4H3/t18-,20+,23+,32-;17-,18+,21+,29-/m11/s1. The molecule has 6 aliphatic rings. The number of carbonyl (C=O) groups excluding carboxylic acids is 1. The van der Waals surface area contributed by atoms with E-state index >= 15 is 0 Å². The molecule has 85 heavy (non-hydrogen) atoms. The summed E-state index contributed by atoms with van der Waals surface area (Å²) in [4.78, 5) is 44.5. The number of ether oxygens (including phenoxy) is 2. The van der Waals surface area contributed by atoms with Crippen molar-refractivity contribution in [3.63, 3.8) is 0 Å². The summed E-state index contributed by atoms with van der Waals surface area (Å²) in [5.74, 6) is 2.90. The van der Waals surface area contributed by atoms with Crippen molar-refractivity contribution in [3.8, 4) is 46.9 Å². The van der Waals surface area contributed by atoms with Crippen molar-refractivity contribution < 1.29 is 27.7 Å². The van der Waals surface area contributed by atoms with Crippen LogP contribution in [0.5, 0.6) is 11.8 Å². The average molecular weight is 1200 g/mol. The number of nitrogen functional groups attached to an aromatic ring is 2. The molecule has 6 aromatic heterocycles. The fourth-order valence-corrected chi connectivity index (χ4v) is 16.2. The number of anilines is 4. The summed E-state index contributed by atoms with van der Waals surface area (Å²) in [6.45, 7) is 21.5. The Bertz CT molecular complexity index is 3550. The van der Waals surface area contributed by atoms with Crippen LogP contribution in [0.25, 0.3) is 23.0 Å². The van der Waals surface area contributed by atoms with E-state index in [0.29, 0.717) is 98.9 Å². The number of hydrogen-bond donors (Lipinski definition) is 3. The molecule has 4 saturated heterocycles. The van der Waals surface area contributed by atoms with Gasteiger partial charge in [0.1, 0.15) is 57.5 Å². The number of amides is 1. The van der Waals surface area contributed by atoms with Gasteiger partial charge in [-0.1, -0.05) is 16.9 Å². The topological polar surface area (TPSA) is 267 Å². The highest BCUT2D eigenvalue weighted by Gasteiger charge is 2.44. The quantitative estimate of drug-likeness (QED) is 0.0913. The van der Waals surface area contributed by atoms with Crippen molar-refractivity contribution >= 4 is 50.2 Å². The summed E-state index contributed by atoms with van der Waals surface area (Å²) < 4.78 is 38.5. The summed E-state index contributed by atoms with van der Waals surface area (Å²) in [6, 6.07) is 12.9. The lowest BCUT2D eigenvalue weighted by atomic mass is 9.71. The molecule has 12 rings (SSSR count). The number of nitrogens with zero attached hydrogens (tertiary/aromatic N) is 13. The van der Waals surface area contributed by atoms with Crippen LogP contribution in [0.3, 0.4) is 0 Å². The molecular weight excluding hydrogens is 1120 g/mol. The van der Waals surface area contributed by atoms with Crippen molar-refractivity contribution in [3.05, 3.63) is 80.2 Å². The van der Waals surface area contributed by atoms with Gasteiger partial charge in [-0.05, 0) is 144 Å². The number of likely N-dealkylation sites (tertiary alicyclic amines) is 2. The van der Waals surface area contributed by atoms with Crippen LogP contribution in [0, 0.1) is 22.7 Å². The summed E-state index contributed by atoms with van der Waals surface area (Å²) in [5.41, 5.74) is 15.4. The van der Waals surface area contributed by atoms with Crippen LogP contribution in [0.15, 0.2) is 45.7 Å². The molecule has 0 unspecified atom stereocenters. The first-order valence-electron chi connectivity index (χ1n) is 29.8. The Morgan fingerprint density at radius 2 is 1.22 bits per heavy atom. The minimum Gasteiger partial charge on any atom is -0.473 e. The van der Waals surface area contributed by atoms with E-state index in [1.165, 1.54) is 34.0 Å². The molecule has 6 aromatic rings. The summed E-state index contributed by atoms with van der Waals surface area (Å²) >= 11 is 2.99. The lowest BCUT2D eigenvalue weighted by Gasteiger charge is -2.40. The second kappa shape index (κ2) is 24.3. The van der Waals surface area contributed by atoms with Gasteiger partial charge in [0.15, 0.2) is 28.9 Å². The zero-order valence-electron chi connectivity index (χ0n) is 49.9. The van der Waals surface area contributed by atoms with Gasteiger partial charge in [-0.2, -0.15) is 20.5 Å². The van der Waals surface area contributed by atoms with Crippen LogP contribution in [-0.2, 0) is 28.5 Å². The van der Waals surface area contributed by atoms with E-state index in [1.54, 1.807) is 0 Å². The molecule has 8 atom stereocenters. The highest BCUT2D eigenvalue weighted by Crippen LogP contribution is 2.51. The molecule has 5 N–H and O–H groups in total. The zero-order valence-corrected chi connectivity index (χ0v) is 51.5. The summed E-state index contributed by atoms with van der Waals surface area (Å²) in [7, 11) is 4.26. The zero-order chi connectivity index (χ0) is 60.1. The van der Waals surface area contributed by atoms with Crippen LogP contribution in [-0.4, -0.2) is 154 Å². The van der Waals surface area contributed by atoms with Crippen molar-refractivity contribution in [1.82, 2.24) is 50.3 Å². The number of nitrogens with one attached hydrogen (secondary N) is 1. The Kier molecular flexibility index (Phi) is 17.0. The maximum atomic E-state index is 13.6. The molecule has 1 amide bonds. The Balaban J connectivity index is 0.000000178. The van der Waals surface area contributed by atoms with E-state index in [9.17, 15) is 19.7 Å². The molecular formula is C61H77FN16O5S2. The lowest BCUT2D eigenvalue weighted by Crippen LogP contribution is -2.54. The molecule has 0 radical (unpaired) electrons. The van der Waals surface area contributed by atoms with E-state index < -0.39 is 22.6 Å². The summed E-state index contributed by atoms with van der Waals surface area (Å²) in [6.07, 6.45) is 9.68. The predicted molar refractivity (Wildman–Crippen MR) is 326 cm³/mol. The number of hydrogen-bond acceptors (Lipinski definition) is 22. The summed E-state index contributed by atoms with van der Waals surface area (Å²) in [5, 5.41) is 33.2. The monoisotopic (exact) mass is 1200 g/mol. The third kappa shape index (κ3) is 11.6. The molecule has 450 valence electrons. The SMILES string of the molecule is C=C(F)C(=O)N1CCN(c2cc(O[C@@H](C)[C@@H]3CCCN3C)nc(-c3cc([C@@]4(C)CCCc5sc(N)c(C#N)c54)on3)n2)[C@H](C)C1.C[C@H](Oc1cc(N2CCNC[C@H]2C)nc(-c2cc([C@@]3(C)CCCc4sc(N)c(C#N)c43)on2)n1)[C@@H]1CCCN1C. The fourth-order valence-electron chi connectivity index (χ4n) is 13.9. The van der Waals surface area contributed by atoms with E-state index in [1.807, 2.05) is 31.2 Å². The molecule has 10 heterocycles. The molecule has 24 heteroatoms. The van der Waals surface area contributed by atoms with E-state index in [0.717, 1.165) is 117 Å². The smallest absolute Gasteiger partial charge is 0.282 e. The lowest BCUT2D eigenvalue weighted by molar-refractivity contribution is -0.129. The van der Waals surface area contributed by atoms with Crippen molar-refractivity contribution in [2.75, 3.05) is 87.7 Å². The van der Waals surface area contributed by atoms with Crippen LogP contribution < -0.4 is 36.1 Å². The number of carbonyl (C=O) groups is 1. The van der Waals surface area contributed by atoms with Gasteiger partial charge in [0.25, 0.3) is 5.91 Å². The largest absolute Gasteiger partial charge is 0.473 e. The number of piperazine rings is 2. The first-order chi connectivity index (χ1) is 40.8. The maximum Gasteiger partial charge on any atom is 0.282 e. The molecule has 0 saturated carbocycles. The number of nitrogens with two attached hydrogens (primary N) is 2. The normalized spacial score (nSPS) is 25.0. The minimum absolute atomic E-state index is 0.00978. The third-order valence-corrected chi connectivity index (χ3v) is 20.7. The Morgan fingerprint density at radius 1 is 0.741 bits per heavy atom. The van der Waals surface area contributed by atoms with Crippen LogP contribution in [0.2, 0.25) is 0 Å². The molecule has 0 bridgehead atoms. The van der Waals surface area contributed by atoms with Crippen molar-refractivity contribution in [2.24, 2.45) is 0 Å². The highest BCUT2D eigenvalue weighted by atomic mass is 32.1. The van der Waals surface area contributed by atoms with Crippen LogP contribution >= 0.6 is 22.7 Å². The van der Waals surface area contributed by atoms with E-state index in [4.69, 9.17) is 49.9 Å². The molecule has 2 aliphatic carbocycles. The predicted octanol–water partition coefficient (Wildman–Crippen LogP) is 8.62. The molecule has 0 spiro atoms. The number of halogens is 1. The second-order valence-corrected chi connectivity index (χ2v) is 26.5. The number of fused-ring (bicyclic) bond motifs is 2. The number of thiophene rings is 2. The van der Waals surface area contributed by atoms with Gasteiger partial charge >= 0.3 is 0 Å². The third-order valence-electron chi connectivity index (χ3n) is 18.5. The van der Waals surface area contributed by atoms with Crippen molar-refractivity contribution in [2.45, 2.75) is 153 Å². The average Bonchev–Trinajstić information content (AvgIpc) is 1.79. The minimum atomic E-state index is -0.964. The number of nitriles is 2. The molecule has 4 aliphatic heterocycles.